The van der Waals surface area contributed by atoms with Gasteiger partial charge in [-0.15, -0.1) is 11.3 Å². The Morgan fingerprint density at radius 2 is 2.29 bits per heavy atom. The van der Waals surface area contributed by atoms with Crippen LogP contribution in [0.2, 0.25) is 0 Å². The zero-order valence-corrected chi connectivity index (χ0v) is 9.44. The number of hydrogen-bond donors (Lipinski definition) is 2. The van der Waals surface area contributed by atoms with Gasteiger partial charge in [0, 0.05) is 15.8 Å². The van der Waals surface area contributed by atoms with E-state index in [1.807, 2.05) is 6.92 Å². The zero-order valence-electron chi connectivity index (χ0n) is 8.63. The summed E-state index contributed by atoms with van der Waals surface area (Å²) < 4.78 is 0. The van der Waals surface area contributed by atoms with Gasteiger partial charge in [0.1, 0.15) is 0 Å². The lowest BCUT2D eigenvalue weighted by molar-refractivity contribution is -0.136. The second-order valence-corrected chi connectivity index (χ2v) is 4.83. The summed E-state index contributed by atoms with van der Waals surface area (Å²) in [4.78, 5) is 12.9. The lowest BCUT2D eigenvalue weighted by Crippen LogP contribution is -2.25. The SMILES string of the molecule is Cc1cc(C(C)NCC(=O)O)c(C)s1. The summed E-state index contributed by atoms with van der Waals surface area (Å²) >= 11 is 1.74. The van der Waals surface area contributed by atoms with Gasteiger partial charge in [0.25, 0.3) is 0 Å². The number of carboxylic acids is 1. The molecule has 0 aliphatic carbocycles. The Hall–Kier alpha value is -0.870. The van der Waals surface area contributed by atoms with E-state index in [9.17, 15) is 4.79 Å². The predicted octanol–water partition coefficient (Wildman–Crippen LogP) is 2.10. The van der Waals surface area contributed by atoms with Crippen molar-refractivity contribution in [2.24, 2.45) is 0 Å². The van der Waals surface area contributed by atoms with Crippen molar-refractivity contribution in [1.82, 2.24) is 5.32 Å². The number of carbonyl (C=O) groups is 1. The summed E-state index contributed by atoms with van der Waals surface area (Å²) in [6.07, 6.45) is 0. The summed E-state index contributed by atoms with van der Waals surface area (Å²) in [5.41, 5.74) is 1.20. The molecule has 0 radical (unpaired) electrons. The Bertz CT molecular complexity index is 333. The first-order valence-corrected chi connectivity index (χ1v) is 5.34. The van der Waals surface area contributed by atoms with E-state index in [0.29, 0.717) is 0 Å². The van der Waals surface area contributed by atoms with Crippen molar-refractivity contribution in [3.63, 3.8) is 0 Å². The van der Waals surface area contributed by atoms with Crippen LogP contribution in [0.3, 0.4) is 0 Å². The minimum absolute atomic E-state index is 0.00943. The second kappa shape index (κ2) is 4.57. The van der Waals surface area contributed by atoms with Crippen molar-refractivity contribution in [1.29, 1.82) is 0 Å². The van der Waals surface area contributed by atoms with Gasteiger partial charge in [-0.1, -0.05) is 0 Å². The molecule has 1 aromatic rings. The molecule has 1 unspecified atom stereocenters. The van der Waals surface area contributed by atoms with E-state index < -0.39 is 5.97 Å². The highest BCUT2D eigenvalue weighted by atomic mass is 32.1. The number of carboxylic acid groups (broad SMARTS) is 1. The van der Waals surface area contributed by atoms with Crippen LogP contribution in [-0.2, 0) is 4.79 Å². The van der Waals surface area contributed by atoms with Gasteiger partial charge in [-0.3, -0.25) is 4.79 Å². The minimum atomic E-state index is -0.818. The molecule has 0 aliphatic heterocycles. The van der Waals surface area contributed by atoms with Crippen LogP contribution in [0.1, 0.15) is 28.3 Å². The quantitative estimate of drug-likeness (QED) is 0.805. The Balaban J connectivity index is 2.64. The molecule has 1 atom stereocenters. The number of thiophene rings is 1. The Labute approximate surface area is 87.8 Å². The third-order valence-electron chi connectivity index (χ3n) is 2.11. The average Bonchev–Trinajstić information content (AvgIpc) is 2.41. The van der Waals surface area contributed by atoms with Crippen LogP contribution in [0.4, 0.5) is 0 Å². The van der Waals surface area contributed by atoms with E-state index in [4.69, 9.17) is 5.11 Å². The summed E-state index contributed by atoms with van der Waals surface area (Å²) in [5, 5.41) is 11.5. The van der Waals surface area contributed by atoms with E-state index in [1.54, 1.807) is 11.3 Å². The largest absolute Gasteiger partial charge is 0.480 e. The smallest absolute Gasteiger partial charge is 0.317 e. The molecule has 0 spiro atoms. The topological polar surface area (TPSA) is 49.3 Å². The minimum Gasteiger partial charge on any atom is -0.480 e. The van der Waals surface area contributed by atoms with E-state index in [1.165, 1.54) is 15.3 Å². The molecule has 78 valence electrons. The molecule has 0 aromatic carbocycles. The van der Waals surface area contributed by atoms with Gasteiger partial charge in [-0.25, -0.2) is 0 Å². The highest BCUT2D eigenvalue weighted by molar-refractivity contribution is 7.12. The fourth-order valence-corrected chi connectivity index (χ4v) is 2.45. The molecule has 0 amide bonds. The normalized spacial score (nSPS) is 12.8. The molecular weight excluding hydrogens is 198 g/mol. The molecule has 4 heteroatoms. The summed E-state index contributed by atoms with van der Waals surface area (Å²) in [5.74, 6) is -0.818. The Morgan fingerprint density at radius 1 is 1.64 bits per heavy atom. The molecule has 1 aromatic heterocycles. The third kappa shape index (κ3) is 2.82. The molecule has 2 N–H and O–H groups in total. The summed E-state index contributed by atoms with van der Waals surface area (Å²) in [7, 11) is 0. The van der Waals surface area contributed by atoms with Crippen LogP contribution in [0.5, 0.6) is 0 Å². The maximum Gasteiger partial charge on any atom is 0.317 e. The summed E-state index contributed by atoms with van der Waals surface area (Å²) in [6, 6.07) is 2.22. The van der Waals surface area contributed by atoms with Gasteiger partial charge in [-0.2, -0.15) is 0 Å². The molecule has 3 nitrogen and oxygen atoms in total. The Morgan fingerprint density at radius 3 is 2.71 bits per heavy atom. The van der Waals surface area contributed by atoms with Crippen LogP contribution in [-0.4, -0.2) is 17.6 Å². The molecule has 1 rings (SSSR count). The Kier molecular flexibility index (Phi) is 3.66. The standard InChI is InChI=1S/C10H15NO2S/c1-6-4-9(8(3)14-6)7(2)11-5-10(12)13/h4,7,11H,5H2,1-3H3,(H,12,13). The van der Waals surface area contributed by atoms with Crippen molar-refractivity contribution in [2.75, 3.05) is 6.54 Å². The van der Waals surface area contributed by atoms with Crippen molar-refractivity contribution in [2.45, 2.75) is 26.8 Å². The average molecular weight is 213 g/mol. The lowest BCUT2D eigenvalue weighted by atomic mass is 10.1. The molecule has 0 saturated carbocycles. The first-order chi connectivity index (χ1) is 6.50. The van der Waals surface area contributed by atoms with Crippen molar-refractivity contribution >= 4 is 17.3 Å². The first kappa shape index (κ1) is 11.2. The molecule has 1 heterocycles. The van der Waals surface area contributed by atoms with Gasteiger partial charge in [0.2, 0.25) is 0 Å². The van der Waals surface area contributed by atoms with Crippen molar-refractivity contribution < 1.29 is 9.90 Å². The molecule has 0 aliphatic rings. The van der Waals surface area contributed by atoms with Gasteiger partial charge in [0.05, 0.1) is 6.54 Å². The summed E-state index contributed by atoms with van der Waals surface area (Å²) in [6.45, 7) is 6.12. The van der Waals surface area contributed by atoms with Crippen molar-refractivity contribution in [3.8, 4) is 0 Å². The van der Waals surface area contributed by atoms with Gasteiger partial charge < -0.3 is 10.4 Å². The highest BCUT2D eigenvalue weighted by Crippen LogP contribution is 2.25. The van der Waals surface area contributed by atoms with Crippen LogP contribution < -0.4 is 5.32 Å². The number of aliphatic carboxylic acids is 1. The molecule has 0 saturated heterocycles. The van der Waals surface area contributed by atoms with E-state index >= 15 is 0 Å². The van der Waals surface area contributed by atoms with E-state index in [2.05, 4.69) is 25.2 Å². The van der Waals surface area contributed by atoms with E-state index in [-0.39, 0.29) is 12.6 Å². The van der Waals surface area contributed by atoms with E-state index in [0.717, 1.165) is 0 Å². The highest BCUT2D eigenvalue weighted by Gasteiger charge is 2.11. The number of rotatable bonds is 4. The van der Waals surface area contributed by atoms with Crippen LogP contribution in [0.25, 0.3) is 0 Å². The number of hydrogen-bond acceptors (Lipinski definition) is 3. The lowest BCUT2D eigenvalue weighted by Gasteiger charge is -2.11. The molecule has 0 fully saturated rings. The number of aryl methyl sites for hydroxylation is 2. The fourth-order valence-electron chi connectivity index (χ4n) is 1.43. The number of nitrogens with one attached hydrogen (secondary N) is 1. The van der Waals surface area contributed by atoms with Crippen LogP contribution >= 0.6 is 11.3 Å². The third-order valence-corrected chi connectivity index (χ3v) is 3.09. The molecular formula is C10H15NO2S. The monoisotopic (exact) mass is 213 g/mol. The maximum atomic E-state index is 10.4. The van der Waals surface area contributed by atoms with Crippen LogP contribution in [0, 0.1) is 13.8 Å². The van der Waals surface area contributed by atoms with Crippen molar-refractivity contribution in [3.05, 3.63) is 21.4 Å². The maximum absolute atomic E-state index is 10.4. The van der Waals surface area contributed by atoms with Gasteiger partial charge >= 0.3 is 5.97 Å². The fraction of sp³-hybridized carbons (Fsp3) is 0.500. The van der Waals surface area contributed by atoms with Gasteiger partial charge in [0.15, 0.2) is 0 Å². The molecule has 14 heavy (non-hydrogen) atoms. The second-order valence-electron chi connectivity index (χ2n) is 3.36. The predicted molar refractivity (Wildman–Crippen MR) is 57.8 cm³/mol. The first-order valence-electron chi connectivity index (χ1n) is 4.53. The van der Waals surface area contributed by atoms with Crippen LogP contribution in [0.15, 0.2) is 6.07 Å². The van der Waals surface area contributed by atoms with Gasteiger partial charge in [-0.05, 0) is 32.4 Å². The molecule has 0 bridgehead atoms. The zero-order chi connectivity index (χ0) is 10.7.